The summed E-state index contributed by atoms with van der Waals surface area (Å²) in [7, 11) is -3.68. The number of benzene rings is 2. The zero-order valence-corrected chi connectivity index (χ0v) is 18.6. The monoisotopic (exact) mass is 457 g/mol. The summed E-state index contributed by atoms with van der Waals surface area (Å²) in [6.45, 7) is 2.24. The first-order valence-corrected chi connectivity index (χ1v) is 12.7. The SMILES string of the molecule is O=C(Cn1c(=O)sc2cc(S(=O)(=O)N3CCc4ccccc4C3)ccc21)N1CCCC1. The predicted octanol–water partition coefficient (Wildman–Crippen LogP) is 2.43. The maximum absolute atomic E-state index is 13.3. The molecule has 0 atom stereocenters. The second-order valence-electron chi connectivity index (χ2n) is 8.03. The Hall–Kier alpha value is -2.49. The summed E-state index contributed by atoms with van der Waals surface area (Å²) in [4.78, 5) is 26.8. The Balaban J connectivity index is 1.44. The zero-order chi connectivity index (χ0) is 21.6. The lowest BCUT2D eigenvalue weighted by atomic mass is 10.0. The number of thiazole rings is 1. The Labute approximate surface area is 184 Å². The lowest BCUT2D eigenvalue weighted by Crippen LogP contribution is -2.35. The van der Waals surface area contributed by atoms with Crippen molar-refractivity contribution >= 4 is 37.5 Å². The van der Waals surface area contributed by atoms with E-state index in [0.717, 1.165) is 42.8 Å². The van der Waals surface area contributed by atoms with Crippen molar-refractivity contribution in [3.63, 3.8) is 0 Å². The van der Waals surface area contributed by atoms with Crippen LogP contribution in [0.1, 0.15) is 24.0 Å². The molecule has 3 heterocycles. The molecule has 31 heavy (non-hydrogen) atoms. The van der Waals surface area contributed by atoms with Gasteiger partial charge in [0.25, 0.3) is 0 Å². The Morgan fingerprint density at radius 2 is 1.74 bits per heavy atom. The number of amides is 1. The minimum atomic E-state index is -3.68. The van der Waals surface area contributed by atoms with Crippen LogP contribution in [0.15, 0.2) is 52.2 Å². The van der Waals surface area contributed by atoms with Gasteiger partial charge in [0.15, 0.2) is 0 Å². The molecular weight excluding hydrogens is 434 g/mol. The van der Waals surface area contributed by atoms with E-state index in [1.165, 1.54) is 14.4 Å². The van der Waals surface area contributed by atoms with Gasteiger partial charge in [0.2, 0.25) is 15.9 Å². The molecule has 1 amide bonds. The number of hydrogen-bond acceptors (Lipinski definition) is 5. The van der Waals surface area contributed by atoms with Crippen LogP contribution >= 0.6 is 11.3 Å². The second-order valence-corrected chi connectivity index (χ2v) is 11.0. The molecule has 0 saturated carbocycles. The normalized spacial score (nSPS) is 17.2. The molecule has 5 rings (SSSR count). The first-order valence-electron chi connectivity index (χ1n) is 10.4. The van der Waals surface area contributed by atoms with Crippen LogP contribution < -0.4 is 4.87 Å². The van der Waals surface area contributed by atoms with Crippen molar-refractivity contribution in [2.45, 2.75) is 37.2 Å². The molecule has 0 N–H and O–H groups in total. The number of fused-ring (bicyclic) bond motifs is 2. The lowest BCUT2D eigenvalue weighted by molar-refractivity contribution is -0.130. The van der Waals surface area contributed by atoms with Gasteiger partial charge >= 0.3 is 4.87 Å². The molecule has 1 aromatic heterocycles. The fraction of sp³-hybridized carbons (Fsp3) is 0.364. The third kappa shape index (κ3) is 3.71. The minimum Gasteiger partial charge on any atom is -0.341 e. The van der Waals surface area contributed by atoms with E-state index in [9.17, 15) is 18.0 Å². The van der Waals surface area contributed by atoms with E-state index in [4.69, 9.17) is 0 Å². The number of rotatable bonds is 4. The van der Waals surface area contributed by atoms with E-state index in [-0.39, 0.29) is 22.2 Å². The summed E-state index contributed by atoms with van der Waals surface area (Å²) in [5, 5.41) is 0. The second kappa shape index (κ2) is 7.89. The number of hydrogen-bond donors (Lipinski definition) is 0. The molecular formula is C22H23N3O4S2. The van der Waals surface area contributed by atoms with Crippen molar-refractivity contribution in [2.24, 2.45) is 0 Å². The maximum atomic E-state index is 13.3. The van der Waals surface area contributed by atoms with Gasteiger partial charge in [0, 0.05) is 26.2 Å². The van der Waals surface area contributed by atoms with E-state index >= 15 is 0 Å². The van der Waals surface area contributed by atoms with Crippen LogP contribution in [0.5, 0.6) is 0 Å². The third-order valence-electron chi connectivity index (χ3n) is 6.13. The molecule has 0 aliphatic carbocycles. The molecule has 0 spiro atoms. The fourth-order valence-corrected chi connectivity index (χ4v) is 6.83. The van der Waals surface area contributed by atoms with Crippen molar-refractivity contribution in [1.29, 1.82) is 0 Å². The Morgan fingerprint density at radius 3 is 2.52 bits per heavy atom. The van der Waals surface area contributed by atoms with Crippen molar-refractivity contribution in [3.8, 4) is 0 Å². The molecule has 9 heteroatoms. The minimum absolute atomic E-state index is 0.00611. The largest absolute Gasteiger partial charge is 0.341 e. The highest BCUT2D eigenvalue weighted by molar-refractivity contribution is 7.89. The predicted molar refractivity (Wildman–Crippen MR) is 120 cm³/mol. The molecule has 2 aliphatic rings. The van der Waals surface area contributed by atoms with Gasteiger partial charge < -0.3 is 4.90 Å². The van der Waals surface area contributed by atoms with E-state index < -0.39 is 10.0 Å². The van der Waals surface area contributed by atoms with E-state index in [1.807, 2.05) is 24.3 Å². The first-order chi connectivity index (χ1) is 14.9. The standard InChI is InChI=1S/C22H23N3O4S2/c26-21(23-10-3-4-11-23)15-25-19-8-7-18(13-20(19)30-22(25)27)31(28,29)24-12-9-16-5-1-2-6-17(16)14-24/h1-2,5-8,13H,3-4,9-12,14-15H2. The molecule has 0 unspecified atom stereocenters. The number of likely N-dealkylation sites (tertiary alicyclic amines) is 1. The van der Waals surface area contributed by atoms with Crippen molar-refractivity contribution in [1.82, 2.24) is 13.8 Å². The number of sulfonamides is 1. The summed E-state index contributed by atoms with van der Waals surface area (Å²) in [5.74, 6) is -0.0667. The van der Waals surface area contributed by atoms with E-state index in [2.05, 4.69) is 0 Å². The molecule has 0 radical (unpaired) electrons. The summed E-state index contributed by atoms with van der Waals surface area (Å²) in [6.07, 6.45) is 2.67. The van der Waals surface area contributed by atoms with Crippen LogP contribution in [0.2, 0.25) is 0 Å². The fourth-order valence-electron chi connectivity index (χ4n) is 4.38. The number of carbonyl (C=O) groups excluding carboxylic acids is 1. The molecule has 1 fully saturated rings. The first kappa shape index (κ1) is 20.4. The highest BCUT2D eigenvalue weighted by Crippen LogP contribution is 2.28. The van der Waals surface area contributed by atoms with Crippen molar-refractivity contribution in [3.05, 3.63) is 63.3 Å². The van der Waals surface area contributed by atoms with Gasteiger partial charge in [0.05, 0.1) is 15.1 Å². The number of nitrogens with zero attached hydrogens (tertiary/aromatic N) is 3. The van der Waals surface area contributed by atoms with Crippen LogP contribution in [0.25, 0.3) is 10.2 Å². The quantitative estimate of drug-likeness (QED) is 0.603. The molecule has 162 valence electrons. The third-order valence-corrected chi connectivity index (χ3v) is 8.91. The van der Waals surface area contributed by atoms with Crippen molar-refractivity contribution in [2.75, 3.05) is 19.6 Å². The van der Waals surface area contributed by atoms with Crippen LogP contribution in [0.3, 0.4) is 0 Å². The van der Waals surface area contributed by atoms with Gasteiger partial charge in [-0.15, -0.1) is 0 Å². The van der Waals surface area contributed by atoms with Crippen LogP contribution in [-0.4, -0.2) is 47.7 Å². The van der Waals surface area contributed by atoms with Crippen LogP contribution in [0.4, 0.5) is 0 Å². The molecule has 7 nitrogen and oxygen atoms in total. The Bertz CT molecular complexity index is 1320. The lowest BCUT2D eigenvalue weighted by Gasteiger charge is -2.28. The number of carbonyl (C=O) groups is 1. The summed E-state index contributed by atoms with van der Waals surface area (Å²) in [6, 6.07) is 12.6. The Kier molecular flexibility index (Phi) is 5.19. The average Bonchev–Trinajstić information content (AvgIpc) is 3.41. The molecule has 2 aromatic carbocycles. The smallest absolute Gasteiger partial charge is 0.308 e. The van der Waals surface area contributed by atoms with E-state index in [0.29, 0.717) is 29.7 Å². The Morgan fingerprint density at radius 1 is 1.00 bits per heavy atom. The topological polar surface area (TPSA) is 79.7 Å². The maximum Gasteiger partial charge on any atom is 0.308 e. The van der Waals surface area contributed by atoms with Gasteiger partial charge in [-0.2, -0.15) is 4.31 Å². The molecule has 3 aromatic rings. The summed E-state index contributed by atoms with van der Waals surface area (Å²) < 4.78 is 30.1. The van der Waals surface area contributed by atoms with Gasteiger partial charge in [-0.25, -0.2) is 8.42 Å². The van der Waals surface area contributed by atoms with Crippen LogP contribution in [0, 0.1) is 0 Å². The molecule has 2 aliphatic heterocycles. The van der Waals surface area contributed by atoms with Gasteiger partial charge in [-0.3, -0.25) is 14.2 Å². The van der Waals surface area contributed by atoms with Crippen molar-refractivity contribution < 1.29 is 13.2 Å². The highest BCUT2D eigenvalue weighted by Gasteiger charge is 2.29. The average molecular weight is 458 g/mol. The van der Waals surface area contributed by atoms with E-state index in [1.54, 1.807) is 23.1 Å². The summed E-state index contributed by atoms with van der Waals surface area (Å²) in [5.41, 5.74) is 2.81. The summed E-state index contributed by atoms with van der Waals surface area (Å²) >= 11 is 0.982. The molecule has 0 bridgehead atoms. The van der Waals surface area contributed by atoms with Gasteiger partial charge in [-0.1, -0.05) is 35.6 Å². The van der Waals surface area contributed by atoms with Gasteiger partial charge in [-0.05, 0) is 48.6 Å². The molecule has 1 saturated heterocycles. The highest BCUT2D eigenvalue weighted by atomic mass is 32.2. The van der Waals surface area contributed by atoms with Crippen LogP contribution in [-0.2, 0) is 34.3 Å². The number of aromatic nitrogens is 1. The zero-order valence-electron chi connectivity index (χ0n) is 17.0. The van der Waals surface area contributed by atoms with Gasteiger partial charge in [0.1, 0.15) is 6.54 Å².